The molecule has 0 bridgehead atoms. The summed E-state index contributed by atoms with van der Waals surface area (Å²) in [6, 6.07) is 5.62. The highest BCUT2D eigenvalue weighted by atomic mass is 35.5. The van der Waals surface area contributed by atoms with Crippen molar-refractivity contribution in [3.8, 4) is 0 Å². The SMILES string of the molecule is Cc1cnc2c(c1)N(Cc1cccnc1Cl)C(=O)CN2. The normalized spacial score (nSPS) is 13.9. The fraction of sp³-hybridized carbons (Fsp3) is 0.214. The molecule has 0 atom stereocenters. The number of halogens is 1. The van der Waals surface area contributed by atoms with Crippen LogP contribution in [0.2, 0.25) is 5.15 Å². The molecule has 1 N–H and O–H groups in total. The molecular weight excluding hydrogens is 276 g/mol. The molecule has 1 aliphatic heterocycles. The van der Waals surface area contributed by atoms with Crippen LogP contribution in [0, 0.1) is 6.92 Å². The minimum absolute atomic E-state index is 0.00943. The fourth-order valence-corrected chi connectivity index (χ4v) is 2.34. The van der Waals surface area contributed by atoms with E-state index in [1.807, 2.05) is 25.1 Å². The van der Waals surface area contributed by atoms with Crippen LogP contribution >= 0.6 is 11.6 Å². The summed E-state index contributed by atoms with van der Waals surface area (Å²) >= 11 is 6.07. The van der Waals surface area contributed by atoms with Crippen LogP contribution in [0.25, 0.3) is 0 Å². The summed E-state index contributed by atoms with van der Waals surface area (Å²) in [4.78, 5) is 22.2. The number of rotatable bonds is 2. The molecule has 1 amide bonds. The third kappa shape index (κ3) is 2.32. The van der Waals surface area contributed by atoms with Crippen molar-refractivity contribution in [3.05, 3.63) is 46.9 Å². The molecule has 1 aliphatic rings. The molecule has 0 aliphatic carbocycles. The van der Waals surface area contributed by atoms with Crippen molar-refractivity contribution in [2.75, 3.05) is 16.8 Å². The highest BCUT2D eigenvalue weighted by Gasteiger charge is 2.25. The summed E-state index contributed by atoms with van der Waals surface area (Å²) in [7, 11) is 0. The molecule has 0 unspecified atom stereocenters. The molecule has 0 radical (unpaired) electrons. The Bertz CT molecular complexity index is 674. The second-order valence-corrected chi connectivity index (χ2v) is 5.03. The van der Waals surface area contributed by atoms with E-state index in [1.54, 1.807) is 17.3 Å². The van der Waals surface area contributed by atoms with Gasteiger partial charge in [0.1, 0.15) is 11.0 Å². The van der Waals surface area contributed by atoms with Gasteiger partial charge >= 0.3 is 0 Å². The zero-order valence-electron chi connectivity index (χ0n) is 10.9. The lowest BCUT2D eigenvalue weighted by atomic mass is 10.2. The average molecular weight is 289 g/mol. The van der Waals surface area contributed by atoms with Gasteiger partial charge in [0.25, 0.3) is 0 Å². The van der Waals surface area contributed by atoms with Gasteiger partial charge in [0.05, 0.1) is 18.8 Å². The second kappa shape index (κ2) is 5.09. The number of carbonyl (C=O) groups is 1. The maximum Gasteiger partial charge on any atom is 0.246 e. The van der Waals surface area contributed by atoms with Gasteiger partial charge in [-0.15, -0.1) is 0 Å². The first kappa shape index (κ1) is 12.9. The molecule has 5 nitrogen and oxygen atoms in total. The second-order valence-electron chi connectivity index (χ2n) is 4.67. The van der Waals surface area contributed by atoms with Crippen LogP contribution in [-0.2, 0) is 11.3 Å². The quantitative estimate of drug-likeness (QED) is 0.862. The molecule has 2 aromatic heterocycles. The number of anilines is 2. The topological polar surface area (TPSA) is 58.1 Å². The lowest BCUT2D eigenvalue weighted by molar-refractivity contribution is -0.117. The Labute approximate surface area is 121 Å². The Morgan fingerprint density at radius 2 is 2.30 bits per heavy atom. The predicted octanol–water partition coefficient (Wildman–Crippen LogP) is 2.40. The van der Waals surface area contributed by atoms with Crippen LogP contribution in [0.5, 0.6) is 0 Å². The molecule has 2 aromatic rings. The van der Waals surface area contributed by atoms with Gasteiger partial charge in [-0.1, -0.05) is 17.7 Å². The monoisotopic (exact) mass is 288 g/mol. The molecule has 3 heterocycles. The first-order chi connectivity index (χ1) is 9.65. The van der Waals surface area contributed by atoms with Gasteiger partial charge < -0.3 is 10.2 Å². The summed E-state index contributed by atoms with van der Waals surface area (Å²) in [5, 5.41) is 3.44. The number of fused-ring (bicyclic) bond motifs is 1. The lowest BCUT2D eigenvalue weighted by Gasteiger charge is -2.29. The third-order valence-electron chi connectivity index (χ3n) is 3.17. The minimum atomic E-state index is -0.00943. The number of nitrogens with one attached hydrogen (secondary N) is 1. The summed E-state index contributed by atoms with van der Waals surface area (Å²) < 4.78 is 0. The van der Waals surface area contributed by atoms with Gasteiger partial charge in [-0.25, -0.2) is 9.97 Å². The van der Waals surface area contributed by atoms with Gasteiger partial charge in [-0.05, 0) is 24.6 Å². The highest BCUT2D eigenvalue weighted by molar-refractivity contribution is 6.30. The smallest absolute Gasteiger partial charge is 0.246 e. The standard InChI is InChI=1S/C14H13ClN4O/c1-9-5-11-14(17-6-9)18-7-12(20)19(11)8-10-3-2-4-16-13(10)15/h2-6H,7-8H2,1H3,(H,17,18). The van der Waals surface area contributed by atoms with Crippen LogP contribution in [-0.4, -0.2) is 22.4 Å². The first-order valence-corrected chi connectivity index (χ1v) is 6.63. The summed E-state index contributed by atoms with van der Waals surface area (Å²) in [6.45, 7) is 2.58. The molecule has 0 fully saturated rings. The van der Waals surface area contributed by atoms with Crippen molar-refractivity contribution < 1.29 is 4.79 Å². The Balaban J connectivity index is 1.99. The fourth-order valence-electron chi connectivity index (χ4n) is 2.17. The van der Waals surface area contributed by atoms with Crippen molar-refractivity contribution in [2.45, 2.75) is 13.5 Å². The number of pyridine rings is 2. The molecule has 6 heteroatoms. The van der Waals surface area contributed by atoms with Crippen LogP contribution in [0.1, 0.15) is 11.1 Å². The van der Waals surface area contributed by atoms with E-state index >= 15 is 0 Å². The maximum atomic E-state index is 12.2. The Morgan fingerprint density at radius 1 is 1.45 bits per heavy atom. The summed E-state index contributed by atoms with van der Waals surface area (Å²) in [5.41, 5.74) is 2.60. The van der Waals surface area contributed by atoms with Gasteiger partial charge in [-0.2, -0.15) is 0 Å². The van der Waals surface area contributed by atoms with E-state index in [1.165, 1.54) is 0 Å². The molecule has 0 saturated carbocycles. The van der Waals surface area contributed by atoms with Gasteiger partial charge in [0.15, 0.2) is 0 Å². The molecule has 3 rings (SSSR count). The van der Waals surface area contributed by atoms with Crippen LogP contribution in [0.15, 0.2) is 30.6 Å². The van der Waals surface area contributed by atoms with Crippen LogP contribution in [0.3, 0.4) is 0 Å². The molecule has 0 aromatic carbocycles. The number of nitrogens with zero attached hydrogens (tertiary/aromatic N) is 3. The van der Waals surface area contributed by atoms with E-state index in [-0.39, 0.29) is 12.5 Å². The zero-order valence-corrected chi connectivity index (χ0v) is 11.7. The minimum Gasteiger partial charge on any atom is -0.359 e. The van der Waals surface area contributed by atoms with E-state index in [0.29, 0.717) is 11.7 Å². The Morgan fingerprint density at radius 3 is 3.10 bits per heavy atom. The van der Waals surface area contributed by atoms with Crippen molar-refractivity contribution in [1.82, 2.24) is 9.97 Å². The molecule has 0 saturated heterocycles. The van der Waals surface area contributed by atoms with E-state index in [4.69, 9.17) is 11.6 Å². The molecule has 0 spiro atoms. The summed E-state index contributed by atoms with van der Waals surface area (Å²) in [5.74, 6) is 0.708. The van der Waals surface area contributed by atoms with E-state index < -0.39 is 0 Å². The highest BCUT2D eigenvalue weighted by Crippen LogP contribution is 2.30. The van der Waals surface area contributed by atoms with E-state index in [9.17, 15) is 4.79 Å². The lowest BCUT2D eigenvalue weighted by Crippen LogP contribution is -2.39. The first-order valence-electron chi connectivity index (χ1n) is 6.25. The maximum absolute atomic E-state index is 12.2. The summed E-state index contributed by atoms with van der Waals surface area (Å²) in [6.07, 6.45) is 3.40. The van der Waals surface area contributed by atoms with Crippen molar-refractivity contribution in [3.63, 3.8) is 0 Å². The van der Waals surface area contributed by atoms with Crippen LogP contribution < -0.4 is 10.2 Å². The zero-order chi connectivity index (χ0) is 14.1. The van der Waals surface area contributed by atoms with Gasteiger partial charge in [0.2, 0.25) is 5.91 Å². The molecule has 20 heavy (non-hydrogen) atoms. The molecular formula is C14H13ClN4O. The number of hydrogen-bond donors (Lipinski definition) is 1. The van der Waals surface area contributed by atoms with Gasteiger partial charge in [-0.3, -0.25) is 4.79 Å². The average Bonchev–Trinajstić information content (AvgIpc) is 2.44. The van der Waals surface area contributed by atoms with Crippen molar-refractivity contribution >= 4 is 29.0 Å². The number of carbonyl (C=O) groups excluding carboxylic acids is 1. The van der Waals surface area contributed by atoms with Crippen LogP contribution in [0.4, 0.5) is 11.5 Å². The van der Waals surface area contributed by atoms with Crippen molar-refractivity contribution in [2.24, 2.45) is 0 Å². The van der Waals surface area contributed by atoms with E-state index in [0.717, 1.165) is 22.6 Å². The predicted molar refractivity (Wildman–Crippen MR) is 77.9 cm³/mol. The number of aromatic nitrogens is 2. The van der Waals surface area contributed by atoms with E-state index in [2.05, 4.69) is 15.3 Å². The third-order valence-corrected chi connectivity index (χ3v) is 3.51. The van der Waals surface area contributed by atoms with Gasteiger partial charge in [0, 0.05) is 18.0 Å². The Hall–Kier alpha value is -2.14. The number of amides is 1. The number of hydrogen-bond acceptors (Lipinski definition) is 4. The Kier molecular flexibility index (Phi) is 3.28. The largest absolute Gasteiger partial charge is 0.359 e. The van der Waals surface area contributed by atoms with Crippen molar-refractivity contribution in [1.29, 1.82) is 0 Å². The molecule has 102 valence electrons. The number of aryl methyl sites for hydroxylation is 1.